The van der Waals surface area contributed by atoms with E-state index in [0.717, 1.165) is 35.3 Å². The van der Waals surface area contributed by atoms with Crippen LogP contribution in [0.4, 0.5) is 0 Å². The van der Waals surface area contributed by atoms with E-state index in [1.54, 1.807) is 14.2 Å². The predicted molar refractivity (Wildman–Crippen MR) is 92.1 cm³/mol. The lowest BCUT2D eigenvalue weighted by Gasteiger charge is -2.37. The third-order valence-electron chi connectivity index (χ3n) is 4.12. The summed E-state index contributed by atoms with van der Waals surface area (Å²) in [6.07, 6.45) is 2.01. The summed E-state index contributed by atoms with van der Waals surface area (Å²) in [7, 11) is 3.30. The van der Waals surface area contributed by atoms with Crippen LogP contribution >= 0.6 is 27.3 Å². The number of aryl methyl sites for hydroxylation is 1. The van der Waals surface area contributed by atoms with Gasteiger partial charge in [0.1, 0.15) is 4.88 Å². The van der Waals surface area contributed by atoms with Crippen molar-refractivity contribution in [2.24, 2.45) is 5.41 Å². The van der Waals surface area contributed by atoms with Gasteiger partial charge in [-0.15, -0.1) is 11.3 Å². The highest BCUT2D eigenvalue weighted by atomic mass is 79.9. The molecule has 1 aliphatic heterocycles. The van der Waals surface area contributed by atoms with E-state index in [9.17, 15) is 4.79 Å². The van der Waals surface area contributed by atoms with Gasteiger partial charge in [-0.1, -0.05) is 0 Å². The number of piperidine rings is 1. The summed E-state index contributed by atoms with van der Waals surface area (Å²) < 4.78 is 11.6. The third-order valence-corrected chi connectivity index (χ3v) is 6.42. The van der Waals surface area contributed by atoms with Crippen molar-refractivity contribution < 1.29 is 14.3 Å². The quantitative estimate of drug-likeness (QED) is 0.783. The molecular weight excluding hydrogens is 368 g/mol. The average molecular weight is 391 g/mol. The van der Waals surface area contributed by atoms with Crippen molar-refractivity contribution in [1.29, 1.82) is 0 Å². The molecule has 7 heteroatoms. The monoisotopic (exact) mass is 390 g/mol. The summed E-state index contributed by atoms with van der Waals surface area (Å²) in [4.78, 5) is 14.2. The normalized spacial score (nSPS) is 17.3. The zero-order valence-corrected chi connectivity index (χ0v) is 15.7. The molecular formula is C15H23BrN2O3S. The van der Waals surface area contributed by atoms with Crippen LogP contribution < -0.4 is 15.4 Å². The summed E-state index contributed by atoms with van der Waals surface area (Å²) >= 11 is 4.91. The summed E-state index contributed by atoms with van der Waals surface area (Å²) in [5, 5.41) is 6.43. The zero-order chi connectivity index (χ0) is 16.2. The van der Waals surface area contributed by atoms with E-state index in [2.05, 4.69) is 26.6 Å². The van der Waals surface area contributed by atoms with Gasteiger partial charge in [0.25, 0.3) is 5.91 Å². The Morgan fingerprint density at radius 3 is 2.68 bits per heavy atom. The molecule has 5 nitrogen and oxygen atoms in total. The number of hydrogen-bond donors (Lipinski definition) is 2. The van der Waals surface area contributed by atoms with Crippen LogP contribution in [-0.4, -0.2) is 46.4 Å². The minimum absolute atomic E-state index is 0.0203. The van der Waals surface area contributed by atoms with Crippen LogP contribution in [0, 0.1) is 12.3 Å². The zero-order valence-electron chi connectivity index (χ0n) is 13.3. The topological polar surface area (TPSA) is 59.6 Å². The van der Waals surface area contributed by atoms with Gasteiger partial charge >= 0.3 is 0 Å². The summed E-state index contributed by atoms with van der Waals surface area (Å²) in [6.45, 7) is 5.18. The van der Waals surface area contributed by atoms with E-state index >= 15 is 0 Å². The third kappa shape index (κ3) is 3.82. The Bertz CT molecular complexity index is 522. The highest BCUT2D eigenvalue weighted by molar-refractivity contribution is 9.10. The van der Waals surface area contributed by atoms with E-state index in [1.807, 2.05) is 6.92 Å². The number of hydrogen-bond acceptors (Lipinski definition) is 5. The van der Waals surface area contributed by atoms with Crippen LogP contribution in [0.15, 0.2) is 4.47 Å². The maximum absolute atomic E-state index is 12.5. The van der Waals surface area contributed by atoms with Crippen LogP contribution in [0.5, 0.6) is 5.75 Å². The molecule has 2 N–H and O–H groups in total. The van der Waals surface area contributed by atoms with Gasteiger partial charge in [-0.3, -0.25) is 4.79 Å². The molecule has 0 atom stereocenters. The molecule has 1 aromatic rings. The maximum atomic E-state index is 12.5. The molecule has 1 fully saturated rings. The van der Waals surface area contributed by atoms with E-state index in [4.69, 9.17) is 9.47 Å². The first-order valence-corrected chi connectivity index (χ1v) is 8.95. The van der Waals surface area contributed by atoms with Gasteiger partial charge in [0.2, 0.25) is 0 Å². The highest BCUT2D eigenvalue weighted by Crippen LogP contribution is 2.39. The van der Waals surface area contributed by atoms with Crippen molar-refractivity contribution in [3.8, 4) is 5.75 Å². The number of thiophene rings is 1. The average Bonchev–Trinajstić information content (AvgIpc) is 2.81. The second kappa shape index (κ2) is 7.77. The SMILES string of the molecule is COCC1(CNC(=O)c2sc(C)c(Br)c2OC)CCNCC1. The van der Waals surface area contributed by atoms with Gasteiger partial charge in [0.05, 0.1) is 18.2 Å². The number of carbonyl (C=O) groups is 1. The number of nitrogens with one attached hydrogen (secondary N) is 2. The summed E-state index contributed by atoms with van der Waals surface area (Å²) in [6, 6.07) is 0. The van der Waals surface area contributed by atoms with Crippen LogP contribution in [0.1, 0.15) is 27.4 Å². The number of carbonyl (C=O) groups excluding carboxylic acids is 1. The first kappa shape index (κ1) is 17.7. The highest BCUT2D eigenvalue weighted by Gasteiger charge is 2.33. The standard InChI is InChI=1S/C15H23BrN2O3S/c1-10-11(16)12(21-3)13(22-10)14(19)18-8-15(9-20-2)4-6-17-7-5-15/h17H,4-9H2,1-3H3,(H,18,19). The van der Waals surface area contributed by atoms with Crippen molar-refractivity contribution in [3.05, 3.63) is 14.2 Å². The van der Waals surface area contributed by atoms with Gasteiger partial charge in [-0.25, -0.2) is 0 Å². The molecule has 1 aliphatic rings. The van der Waals surface area contributed by atoms with Crippen molar-refractivity contribution >= 4 is 33.2 Å². The van der Waals surface area contributed by atoms with Crippen molar-refractivity contribution in [2.45, 2.75) is 19.8 Å². The Kier molecular flexibility index (Phi) is 6.26. The van der Waals surface area contributed by atoms with E-state index < -0.39 is 0 Å². The minimum Gasteiger partial charge on any atom is -0.494 e. The Morgan fingerprint density at radius 2 is 2.09 bits per heavy atom. The number of methoxy groups -OCH3 is 2. The lowest BCUT2D eigenvalue weighted by atomic mass is 9.79. The van der Waals surface area contributed by atoms with Crippen LogP contribution in [-0.2, 0) is 4.74 Å². The predicted octanol–water partition coefficient (Wildman–Crippen LogP) is 2.57. The molecule has 1 aromatic heterocycles. The van der Waals surface area contributed by atoms with Crippen LogP contribution in [0.2, 0.25) is 0 Å². The molecule has 0 radical (unpaired) electrons. The number of amides is 1. The molecule has 0 unspecified atom stereocenters. The van der Waals surface area contributed by atoms with Gasteiger partial charge in [-0.05, 0) is 48.8 Å². The van der Waals surface area contributed by atoms with Crippen molar-refractivity contribution in [1.82, 2.24) is 10.6 Å². The largest absolute Gasteiger partial charge is 0.494 e. The second-order valence-electron chi connectivity index (χ2n) is 5.70. The first-order chi connectivity index (χ1) is 10.5. The molecule has 0 saturated carbocycles. The Balaban J connectivity index is 2.06. The van der Waals surface area contributed by atoms with Crippen molar-refractivity contribution in [2.75, 3.05) is 40.5 Å². The lowest BCUT2D eigenvalue weighted by Crippen LogP contribution is -2.47. The molecule has 1 saturated heterocycles. The lowest BCUT2D eigenvalue weighted by molar-refractivity contribution is 0.0512. The fraction of sp³-hybridized carbons (Fsp3) is 0.667. The van der Waals surface area contributed by atoms with Crippen molar-refractivity contribution in [3.63, 3.8) is 0 Å². The summed E-state index contributed by atoms with van der Waals surface area (Å²) in [5.74, 6) is 0.538. The molecule has 0 aromatic carbocycles. The fourth-order valence-electron chi connectivity index (χ4n) is 2.82. The van der Waals surface area contributed by atoms with Gasteiger partial charge in [0.15, 0.2) is 5.75 Å². The molecule has 22 heavy (non-hydrogen) atoms. The molecule has 0 bridgehead atoms. The maximum Gasteiger partial charge on any atom is 0.265 e. The Morgan fingerprint density at radius 1 is 1.41 bits per heavy atom. The van der Waals surface area contributed by atoms with Gasteiger partial charge in [0, 0.05) is 23.9 Å². The smallest absolute Gasteiger partial charge is 0.265 e. The Hall–Kier alpha value is -0.630. The number of halogens is 1. The molecule has 2 heterocycles. The summed E-state index contributed by atoms with van der Waals surface area (Å²) in [5.41, 5.74) is 0.0203. The molecule has 124 valence electrons. The van der Waals surface area contributed by atoms with Crippen LogP contribution in [0.25, 0.3) is 0 Å². The number of ether oxygens (including phenoxy) is 2. The molecule has 1 amide bonds. The number of rotatable bonds is 6. The van der Waals surface area contributed by atoms with Gasteiger partial charge < -0.3 is 20.1 Å². The molecule has 2 rings (SSSR count). The van der Waals surface area contributed by atoms with Gasteiger partial charge in [-0.2, -0.15) is 0 Å². The molecule has 0 spiro atoms. The first-order valence-electron chi connectivity index (χ1n) is 7.34. The van der Waals surface area contributed by atoms with E-state index in [-0.39, 0.29) is 11.3 Å². The Labute approximate surface area is 143 Å². The van der Waals surface area contributed by atoms with E-state index in [1.165, 1.54) is 11.3 Å². The van der Waals surface area contributed by atoms with Crippen LogP contribution in [0.3, 0.4) is 0 Å². The fourth-order valence-corrected chi connectivity index (χ4v) is 4.48. The second-order valence-corrected chi connectivity index (χ2v) is 7.72. The minimum atomic E-state index is -0.0790. The molecule has 0 aliphatic carbocycles. The van der Waals surface area contributed by atoms with E-state index in [0.29, 0.717) is 23.8 Å².